The van der Waals surface area contributed by atoms with Crippen molar-refractivity contribution in [3.05, 3.63) is 194 Å². The summed E-state index contributed by atoms with van der Waals surface area (Å²) in [5, 5.41) is 42.9. The summed E-state index contributed by atoms with van der Waals surface area (Å²) in [6, 6.07) is 58.2. The fourth-order valence-corrected chi connectivity index (χ4v) is 7.10. The summed E-state index contributed by atoms with van der Waals surface area (Å²) >= 11 is 0. The van der Waals surface area contributed by atoms with Crippen molar-refractivity contribution >= 4 is 43.4 Å². The van der Waals surface area contributed by atoms with Crippen LogP contribution in [0.4, 0.5) is 0 Å². The zero-order chi connectivity index (χ0) is 38.4. The molecule has 0 unspecified atom stereocenters. The fourth-order valence-electron chi connectivity index (χ4n) is 7.10. The van der Waals surface area contributed by atoms with Gasteiger partial charge >= 0.3 is 56.6 Å². The van der Waals surface area contributed by atoms with Gasteiger partial charge in [0.25, 0.3) is 0 Å². The van der Waals surface area contributed by atoms with Gasteiger partial charge in [0.05, 0.1) is 10.8 Å². The molecule has 10 rings (SSSR count). The maximum Gasteiger partial charge on any atom is 1.00 e. The molecule has 0 saturated heterocycles. The Morgan fingerprint density at radius 2 is 0.949 bits per heavy atom. The molecule has 59 heavy (non-hydrogen) atoms. The average molecular weight is 749 g/mol. The van der Waals surface area contributed by atoms with Crippen LogP contribution in [0.2, 0.25) is 0 Å². The largest absolute Gasteiger partial charge is 1.00 e. The number of aromatic nitrogens is 3. The van der Waals surface area contributed by atoms with E-state index >= 15 is 0 Å². The number of hydrogen-bond acceptors (Lipinski definition) is 3. The molecule has 0 aliphatic carbocycles. The molecule has 270 valence electrons. The Bertz CT molecular complexity index is 3000. The molecule has 0 bridgehead atoms. The van der Waals surface area contributed by atoms with Gasteiger partial charge in [-0.05, 0) is 60.2 Å². The number of aryl methyl sites for hydroxylation is 1. The van der Waals surface area contributed by atoms with Crippen molar-refractivity contribution in [2.75, 3.05) is 0 Å². The topological polar surface area (TPSA) is 112 Å². The van der Waals surface area contributed by atoms with Crippen LogP contribution in [0.3, 0.4) is 0 Å². The number of benzene rings is 7. The quantitative estimate of drug-likeness (QED) is 0.182. The normalized spacial score (nSPS) is 10.3. The first-order valence-corrected chi connectivity index (χ1v) is 18.4. The molecule has 0 saturated carbocycles. The van der Waals surface area contributed by atoms with E-state index < -0.39 is 0 Å². The first kappa shape index (κ1) is 44.3. The van der Waals surface area contributed by atoms with E-state index in [0.717, 1.165) is 66.2 Å². The van der Waals surface area contributed by atoms with Crippen molar-refractivity contribution in [2.24, 2.45) is 0 Å². The fraction of sp³-hybridized carbons (Fsp3) is 0.0200. The summed E-state index contributed by atoms with van der Waals surface area (Å²) < 4.78 is 0. The molecule has 0 spiro atoms. The maximum atomic E-state index is 12.4. The molecule has 0 aliphatic heterocycles. The smallest absolute Gasteiger partial charge is 0.872 e. The Kier molecular flexibility index (Phi) is 15.2. The predicted molar refractivity (Wildman–Crippen MR) is 218 cm³/mol. The summed E-state index contributed by atoms with van der Waals surface area (Å²) in [7, 11) is 0. The summed E-state index contributed by atoms with van der Waals surface area (Å²) in [5.74, 6) is 0.171. The van der Waals surface area contributed by atoms with Crippen molar-refractivity contribution in [1.29, 1.82) is 0 Å². The summed E-state index contributed by atoms with van der Waals surface area (Å²) in [6.45, 7) is 1.86. The second kappa shape index (κ2) is 20.3. The molecule has 0 atom stereocenters. The minimum atomic E-state index is 0. The van der Waals surface area contributed by atoms with Crippen molar-refractivity contribution < 1.29 is 86.9 Å². The van der Waals surface area contributed by atoms with Gasteiger partial charge in [-0.15, -0.1) is 0 Å². The van der Waals surface area contributed by atoms with Gasteiger partial charge in [-0.1, -0.05) is 132 Å². The Morgan fingerprint density at radius 3 is 1.63 bits per heavy atom. The molecule has 0 amide bonds. The van der Waals surface area contributed by atoms with Crippen LogP contribution in [0.1, 0.15) is 5.56 Å². The second-order valence-electron chi connectivity index (χ2n) is 13.4. The molecule has 7 aromatic carbocycles. The first-order chi connectivity index (χ1) is 27.5. The van der Waals surface area contributed by atoms with E-state index in [4.69, 9.17) is 0 Å². The summed E-state index contributed by atoms with van der Waals surface area (Å²) in [6.07, 6.45) is 1.84. The maximum absolute atomic E-state index is 12.4. The molecule has 6 nitrogen and oxygen atoms in total. The van der Waals surface area contributed by atoms with Crippen LogP contribution in [0.25, 0.3) is 77.1 Å². The van der Waals surface area contributed by atoms with Gasteiger partial charge in [0.15, 0.2) is 6.20 Å². The van der Waals surface area contributed by atoms with Crippen LogP contribution >= 0.6 is 0 Å². The van der Waals surface area contributed by atoms with Gasteiger partial charge in [0.2, 0.25) is 28.1 Å². The van der Waals surface area contributed by atoms with Gasteiger partial charge in [-0.25, -0.2) is 15.0 Å². The van der Waals surface area contributed by atoms with Crippen molar-refractivity contribution in [1.82, 2.24) is 0 Å². The number of fused-ring (bicyclic) bond motifs is 5. The molecule has 9 heteroatoms. The SMILES string of the molecule is Cc1cc2ccccc2c(-c2cccc[nH+]2)c1[O-].[Li+].[Li+].[Li+].[O-]c1ccccc1-c1[nH+]c2ccccc2c2ccccc12.[O-]c1ccccc1-c1ccc2ccccc2[nH+]1. The number of aromatic amines is 3. The van der Waals surface area contributed by atoms with Gasteiger partial charge < -0.3 is 15.3 Å². The van der Waals surface area contributed by atoms with Crippen molar-refractivity contribution in [2.45, 2.75) is 6.92 Å². The number of H-pyrrole nitrogens is 3. The van der Waals surface area contributed by atoms with Crippen LogP contribution < -0.4 is 86.9 Å². The molecular weight excluding hydrogens is 711 g/mol. The van der Waals surface area contributed by atoms with Crippen LogP contribution in [-0.4, -0.2) is 0 Å². The monoisotopic (exact) mass is 748 g/mol. The van der Waals surface area contributed by atoms with Gasteiger partial charge in [0.1, 0.15) is 0 Å². The minimum Gasteiger partial charge on any atom is -0.872 e. The third kappa shape index (κ3) is 9.59. The third-order valence-electron chi connectivity index (χ3n) is 9.83. The van der Waals surface area contributed by atoms with E-state index in [0.29, 0.717) is 11.1 Å². The Balaban J connectivity index is 0.000000165. The Morgan fingerprint density at radius 1 is 0.407 bits per heavy atom. The van der Waals surface area contributed by atoms with E-state index in [9.17, 15) is 15.3 Å². The predicted octanol–water partition coefficient (Wildman–Crippen LogP) is -0.343. The average Bonchev–Trinajstić information content (AvgIpc) is 3.25. The Labute approximate surface area is 379 Å². The molecule has 3 N–H and O–H groups in total. The molecular formula is C50H37Li3N3O3+3. The van der Waals surface area contributed by atoms with E-state index in [2.05, 4.69) is 33.2 Å². The van der Waals surface area contributed by atoms with Gasteiger partial charge in [-0.2, -0.15) is 0 Å². The molecule has 0 radical (unpaired) electrons. The standard InChI is InChI=1S/C19H13NO.C16H13NO.C15H11NO.3Li/c21-18-12-6-4-10-16(18)19-15-9-2-1-7-13(15)14-8-3-5-11-17(14)20-19;1-11-10-12-6-2-3-7-13(12)15(16(11)18)14-8-4-5-9-17-14;17-15-8-4-2-6-12(15)14-10-9-11-5-1-3-7-13(11)16-14;;;/h1-12,21H;2-10,18H,1H3;1-10,17H;;;/q;;;3*+1. The zero-order valence-electron chi connectivity index (χ0n) is 33.6. The van der Waals surface area contributed by atoms with E-state index in [1.54, 1.807) is 24.3 Å². The van der Waals surface area contributed by atoms with Crippen LogP contribution in [0.15, 0.2) is 188 Å². The van der Waals surface area contributed by atoms with E-state index in [-0.39, 0.29) is 73.8 Å². The third-order valence-corrected chi connectivity index (χ3v) is 9.83. The molecule has 0 fully saturated rings. The first-order valence-electron chi connectivity index (χ1n) is 18.4. The van der Waals surface area contributed by atoms with Gasteiger partial charge in [0, 0.05) is 57.8 Å². The number of rotatable bonds is 3. The van der Waals surface area contributed by atoms with Crippen LogP contribution in [0.5, 0.6) is 17.2 Å². The van der Waals surface area contributed by atoms with Crippen molar-refractivity contribution in [3.63, 3.8) is 0 Å². The van der Waals surface area contributed by atoms with Crippen LogP contribution in [-0.2, 0) is 0 Å². The number of nitrogens with one attached hydrogen (secondary N) is 3. The van der Waals surface area contributed by atoms with Gasteiger partial charge in [-0.3, -0.25) is 0 Å². The summed E-state index contributed by atoms with van der Waals surface area (Å²) in [4.78, 5) is 9.86. The minimum absolute atomic E-state index is 0. The molecule has 0 aliphatic rings. The van der Waals surface area contributed by atoms with E-state index in [1.807, 2.05) is 153 Å². The molecule has 3 heterocycles. The molecule has 10 aromatic rings. The number of pyridine rings is 3. The van der Waals surface area contributed by atoms with Crippen LogP contribution in [0, 0.1) is 6.92 Å². The molecule has 3 aromatic heterocycles. The zero-order valence-corrected chi connectivity index (χ0v) is 33.6. The number of hydrogen-bond donors (Lipinski definition) is 0. The Hall–Kier alpha value is -5.78. The second-order valence-corrected chi connectivity index (χ2v) is 13.4. The summed E-state index contributed by atoms with van der Waals surface area (Å²) in [5.41, 5.74) is 7.62. The van der Waals surface area contributed by atoms with Crippen molar-refractivity contribution in [3.8, 4) is 51.0 Å². The van der Waals surface area contributed by atoms with E-state index in [1.165, 1.54) is 5.39 Å². The number of para-hydroxylation sites is 4.